The molecule has 4 aromatic rings. The number of rotatable bonds is 6. The van der Waals surface area contributed by atoms with E-state index >= 15 is 0 Å². The minimum absolute atomic E-state index is 0.162. The molecule has 0 saturated heterocycles. The first-order chi connectivity index (χ1) is 14.5. The number of hydrogen-bond donors (Lipinski definition) is 0. The summed E-state index contributed by atoms with van der Waals surface area (Å²) in [7, 11) is -3.86. The van der Waals surface area contributed by atoms with Crippen molar-refractivity contribution in [2.45, 2.75) is 37.0 Å². The Labute approximate surface area is 179 Å². The summed E-state index contributed by atoms with van der Waals surface area (Å²) in [6.45, 7) is 2.21. The van der Waals surface area contributed by atoms with E-state index in [1.165, 1.54) is 16.4 Å². The van der Waals surface area contributed by atoms with Crippen molar-refractivity contribution in [1.29, 1.82) is 0 Å². The van der Waals surface area contributed by atoms with Crippen LogP contribution in [-0.2, 0) is 10.0 Å². The summed E-state index contributed by atoms with van der Waals surface area (Å²) in [6.07, 6.45) is 2.75. The van der Waals surface area contributed by atoms with Crippen LogP contribution in [0.15, 0.2) is 53.4 Å². The molecular formula is C21H20ClN5O2S. The first kappa shape index (κ1) is 19.3. The number of para-hydroxylation sites is 2. The van der Waals surface area contributed by atoms with Crippen LogP contribution in [0, 0.1) is 0 Å². The number of nitrogens with zero attached hydrogens (tertiary/aromatic N) is 5. The number of hydrogen-bond acceptors (Lipinski definition) is 5. The molecule has 2 aromatic carbocycles. The third kappa shape index (κ3) is 3.11. The van der Waals surface area contributed by atoms with Gasteiger partial charge in [0.05, 0.1) is 15.9 Å². The molecule has 5 rings (SSSR count). The van der Waals surface area contributed by atoms with Crippen molar-refractivity contribution in [2.75, 3.05) is 10.8 Å². The average molecular weight is 442 g/mol. The van der Waals surface area contributed by atoms with Crippen molar-refractivity contribution in [3.63, 3.8) is 0 Å². The second-order valence-electron chi connectivity index (χ2n) is 7.45. The number of halogens is 1. The third-order valence-corrected chi connectivity index (χ3v) is 7.30. The minimum atomic E-state index is -3.86. The number of benzene rings is 2. The highest BCUT2D eigenvalue weighted by molar-refractivity contribution is 7.92. The lowest BCUT2D eigenvalue weighted by Gasteiger charge is -2.23. The molecule has 0 unspecified atom stereocenters. The smallest absolute Gasteiger partial charge is 0.265 e. The first-order valence-electron chi connectivity index (χ1n) is 9.93. The van der Waals surface area contributed by atoms with E-state index in [1.807, 2.05) is 35.6 Å². The van der Waals surface area contributed by atoms with Crippen molar-refractivity contribution in [3.05, 3.63) is 59.4 Å². The first-order valence-corrected chi connectivity index (χ1v) is 11.7. The molecule has 0 atom stereocenters. The lowest BCUT2D eigenvalue weighted by Crippen LogP contribution is -2.33. The van der Waals surface area contributed by atoms with Gasteiger partial charge in [-0.3, -0.25) is 4.40 Å². The summed E-state index contributed by atoms with van der Waals surface area (Å²) in [5, 5.41) is 9.27. The summed E-state index contributed by atoms with van der Waals surface area (Å²) in [5.41, 5.74) is 2.04. The van der Waals surface area contributed by atoms with E-state index in [0.717, 1.165) is 24.2 Å². The number of anilines is 1. The monoisotopic (exact) mass is 441 g/mol. The van der Waals surface area contributed by atoms with Gasteiger partial charge < -0.3 is 0 Å². The molecule has 0 aliphatic heterocycles. The highest BCUT2D eigenvalue weighted by Gasteiger charge is 2.33. The fourth-order valence-electron chi connectivity index (χ4n) is 3.64. The SMILES string of the molecule is CCCN(c1nc2ccccc2n2c(C3CC3)nnc12)S(=O)(=O)c1ccc(Cl)cc1. The maximum atomic E-state index is 13.6. The number of aromatic nitrogens is 4. The lowest BCUT2D eigenvalue weighted by atomic mass is 10.3. The van der Waals surface area contributed by atoms with Crippen LogP contribution in [0.2, 0.25) is 5.02 Å². The van der Waals surface area contributed by atoms with Crippen molar-refractivity contribution in [1.82, 2.24) is 19.6 Å². The normalized spacial score (nSPS) is 14.5. The Bertz CT molecular complexity index is 1350. The van der Waals surface area contributed by atoms with Crippen molar-refractivity contribution in [2.24, 2.45) is 0 Å². The largest absolute Gasteiger partial charge is 0.274 e. The van der Waals surface area contributed by atoms with Gasteiger partial charge in [0, 0.05) is 17.5 Å². The van der Waals surface area contributed by atoms with Crippen LogP contribution in [0.25, 0.3) is 16.7 Å². The molecule has 0 spiro atoms. The lowest BCUT2D eigenvalue weighted by molar-refractivity contribution is 0.589. The average Bonchev–Trinajstić information content (AvgIpc) is 3.49. The fourth-order valence-corrected chi connectivity index (χ4v) is 5.27. The number of sulfonamides is 1. The van der Waals surface area contributed by atoms with Gasteiger partial charge in [0.25, 0.3) is 10.0 Å². The van der Waals surface area contributed by atoms with Gasteiger partial charge in [-0.05, 0) is 55.7 Å². The van der Waals surface area contributed by atoms with E-state index in [2.05, 4.69) is 10.2 Å². The summed E-state index contributed by atoms with van der Waals surface area (Å²) in [4.78, 5) is 4.88. The summed E-state index contributed by atoms with van der Waals surface area (Å²) in [5.74, 6) is 1.52. The van der Waals surface area contributed by atoms with Gasteiger partial charge in [-0.1, -0.05) is 30.7 Å². The molecule has 0 amide bonds. The molecule has 0 N–H and O–H groups in total. The van der Waals surface area contributed by atoms with E-state index < -0.39 is 10.0 Å². The Kier molecular flexibility index (Phi) is 4.63. The summed E-state index contributed by atoms with van der Waals surface area (Å²) < 4.78 is 30.4. The van der Waals surface area contributed by atoms with Gasteiger partial charge in [0.1, 0.15) is 5.82 Å². The highest BCUT2D eigenvalue weighted by atomic mass is 35.5. The van der Waals surface area contributed by atoms with E-state index in [9.17, 15) is 8.42 Å². The topological polar surface area (TPSA) is 80.5 Å². The zero-order valence-corrected chi connectivity index (χ0v) is 17.9. The van der Waals surface area contributed by atoms with Crippen molar-refractivity contribution < 1.29 is 8.42 Å². The van der Waals surface area contributed by atoms with Crippen LogP contribution in [0.3, 0.4) is 0 Å². The molecule has 1 aliphatic rings. The van der Waals surface area contributed by atoms with Crippen LogP contribution in [0.4, 0.5) is 5.82 Å². The standard InChI is InChI=1S/C21H20ClN5O2S/c1-2-13-26(30(28,29)16-11-9-15(22)10-12-16)20-21-25-24-19(14-7-8-14)27(21)18-6-4-3-5-17(18)23-20/h3-6,9-12,14H,2,7-8,13H2,1H3. The fraction of sp³-hybridized carbons (Fsp3) is 0.286. The Hall–Kier alpha value is -2.71. The van der Waals surface area contributed by atoms with Crippen molar-refractivity contribution in [3.8, 4) is 0 Å². The molecule has 1 saturated carbocycles. The molecular weight excluding hydrogens is 422 g/mol. The zero-order valence-electron chi connectivity index (χ0n) is 16.4. The summed E-state index contributed by atoms with van der Waals surface area (Å²) >= 11 is 5.96. The van der Waals surface area contributed by atoms with Gasteiger partial charge in [-0.15, -0.1) is 10.2 Å². The molecule has 2 aromatic heterocycles. The quantitative estimate of drug-likeness (QED) is 0.442. The van der Waals surface area contributed by atoms with Gasteiger partial charge in [-0.2, -0.15) is 0 Å². The summed E-state index contributed by atoms with van der Waals surface area (Å²) in [6, 6.07) is 13.8. The van der Waals surface area contributed by atoms with Crippen molar-refractivity contribution >= 4 is 44.1 Å². The maximum absolute atomic E-state index is 13.6. The Morgan fingerprint density at radius 3 is 2.53 bits per heavy atom. The Balaban J connectivity index is 1.77. The van der Waals surface area contributed by atoms with E-state index in [0.29, 0.717) is 34.3 Å². The maximum Gasteiger partial charge on any atom is 0.265 e. The third-order valence-electron chi connectivity index (χ3n) is 5.24. The molecule has 2 heterocycles. The molecule has 9 heteroatoms. The molecule has 1 aliphatic carbocycles. The van der Waals surface area contributed by atoms with Gasteiger partial charge in [0.15, 0.2) is 5.82 Å². The van der Waals surface area contributed by atoms with Gasteiger partial charge in [0.2, 0.25) is 5.65 Å². The van der Waals surface area contributed by atoms with Crippen LogP contribution in [0.5, 0.6) is 0 Å². The molecule has 0 radical (unpaired) electrons. The van der Waals surface area contributed by atoms with E-state index in [1.54, 1.807) is 12.1 Å². The van der Waals surface area contributed by atoms with E-state index in [4.69, 9.17) is 16.6 Å². The van der Waals surface area contributed by atoms with Gasteiger partial charge in [-0.25, -0.2) is 17.7 Å². The molecule has 30 heavy (non-hydrogen) atoms. The molecule has 0 bridgehead atoms. The molecule has 1 fully saturated rings. The minimum Gasteiger partial charge on any atom is -0.274 e. The Morgan fingerprint density at radius 1 is 1.10 bits per heavy atom. The van der Waals surface area contributed by atoms with Crippen LogP contribution in [0.1, 0.15) is 37.9 Å². The van der Waals surface area contributed by atoms with Gasteiger partial charge >= 0.3 is 0 Å². The Morgan fingerprint density at radius 2 is 1.83 bits per heavy atom. The van der Waals surface area contributed by atoms with Crippen LogP contribution in [-0.4, -0.2) is 34.5 Å². The second-order valence-corrected chi connectivity index (χ2v) is 9.75. The van der Waals surface area contributed by atoms with Crippen LogP contribution < -0.4 is 4.31 Å². The highest BCUT2D eigenvalue weighted by Crippen LogP contribution is 2.41. The zero-order chi connectivity index (χ0) is 20.9. The molecule has 7 nitrogen and oxygen atoms in total. The van der Waals surface area contributed by atoms with E-state index in [-0.39, 0.29) is 11.4 Å². The number of fused-ring (bicyclic) bond motifs is 3. The molecule has 154 valence electrons. The van der Waals surface area contributed by atoms with Crippen LogP contribution >= 0.6 is 11.6 Å². The second kappa shape index (κ2) is 7.21. The predicted octanol–water partition coefficient (Wildman–Crippen LogP) is 4.41. The predicted molar refractivity (Wildman–Crippen MR) is 117 cm³/mol.